The van der Waals surface area contributed by atoms with E-state index in [2.05, 4.69) is 22.3 Å². The van der Waals surface area contributed by atoms with Crippen molar-refractivity contribution in [3.63, 3.8) is 0 Å². The van der Waals surface area contributed by atoms with E-state index in [1.54, 1.807) is 6.33 Å². The highest BCUT2D eigenvalue weighted by molar-refractivity contribution is 5.14. The Labute approximate surface area is 88.2 Å². The molecule has 0 atom stereocenters. The summed E-state index contributed by atoms with van der Waals surface area (Å²) in [5.41, 5.74) is 1.27. The van der Waals surface area contributed by atoms with E-state index in [0.29, 0.717) is 5.82 Å². The lowest BCUT2D eigenvalue weighted by molar-refractivity contribution is 0.264. The number of aliphatic hydroxyl groups is 1. The Morgan fingerprint density at radius 2 is 2.00 bits per heavy atom. The van der Waals surface area contributed by atoms with E-state index in [-0.39, 0.29) is 6.61 Å². The molecular weight excluding hydrogens is 190 g/mol. The van der Waals surface area contributed by atoms with Crippen LogP contribution in [0.2, 0.25) is 0 Å². The molecule has 4 heteroatoms. The van der Waals surface area contributed by atoms with Crippen molar-refractivity contribution in [3.8, 4) is 0 Å². The first-order chi connectivity index (χ1) is 7.40. The molecule has 0 fully saturated rings. The van der Waals surface area contributed by atoms with Crippen molar-refractivity contribution < 1.29 is 5.11 Å². The SMILES string of the molecule is OCc1nncn1CCc1ccccc1. The number of nitrogens with zero attached hydrogens (tertiary/aromatic N) is 3. The molecule has 0 saturated carbocycles. The Morgan fingerprint density at radius 1 is 1.20 bits per heavy atom. The van der Waals surface area contributed by atoms with Crippen LogP contribution in [-0.4, -0.2) is 19.9 Å². The van der Waals surface area contributed by atoms with Gasteiger partial charge in [0.2, 0.25) is 0 Å². The molecule has 1 aromatic heterocycles. The number of benzene rings is 1. The quantitative estimate of drug-likeness (QED) is 0.807. The number of aryl methyl sites for hydroxylation is 2. The van der Waals surface area contributed by atoms with Gasteiger partial charge in [0, 0.05) is 6.54 Å². The molecule has 0 radical (unpaired) electrons. The smallest absolute Gasteiger partial charge is 0.158 e. The Kier molecular flexibility index (Phi) is 3.09. The van der Waals surface area contributed by atoms with Gasteiger partial charge in [0.1, 0.15) is 12.9 Å². The number of hydrogen-bond donors (Lipinski definition) is 1. The van der Waals surface area contributed by atoms with Crippen LogP contribution in [0.4, 0.5) is 0 Å². The van der Waals surface area contributed by atoms with E-state index in [1.807, 2.05) is 22.8 Å². The Hall–Kier alpha value is -1.68. The Bertz CT molecular complexity index is 411. The van der Waals surface area contributed by atoms with Gasteiger partial charge in [0.05, 0.1) is 0 Å². The number of hydrogen-bond acceptors (Lipinski definition) is 3. The molecule has 15 heavy (non-hydrogen) atoms. The molecule has 1 N–H and O–H groups in total. The molecule has 0 aliphatic rings. The van der Waals surface area contributed by atoms with Gasteiger partial charge >= 0.3 is 0 Å². The fourth-order valence-corrected chi connectivity index (χ4v) is 1.48. The first-order valence-electron chi connectivity index (χ1n) is 4.91. The lowest BCUT2D eigenvalue weighted by atomic mass is 10.1. The molecule has 0 spiro atoms. The minimum absolute atomic E-state index is 0.0607. The summed E-state index contributed by atoms with van der Waals surface area (Å²) in [5, 5.41) is 16.5. The third-order valence-corrected chi connectivity index (χ3v) is 2.32. The van der Waals surface area contributed by atoms with Crippen molar-refractivity contribution in [2.24, 2.45) is 0 Å². The molecular formula is C11H13N3O. The molecule has 78 valence electrons. The predicted molar refractivity (Wildman–Crippen MR) is 56.1 cm³/mol. The first kappa shape index (κ1) is 9.86. The maximum absolute atomic E-state index is 8.98. The molecule has 0 amide bonds. The van der Waals surface area contributed by atoms with Gasteiger partial charge in [-0.05, 0) is 12.0 Å². The van der Waals surface area contributed by atoms with Crippen molar-refractivity contribution in [2.45, 2.75) is 19.6 Å². The van der Waals surface area contributed by atoms with Gasteiger partial charge in [-0.3, -0.25) is 0 Å². The number of aromatic nitrogens is 3. The van der Waals surface area contributed by atoms with E-state index in [0.717, 1.165) is 13.0 Å². The van der Waals surface area contributed by atoms with Gasteiger partial charge in [0.25, 0.3) is 0 Å². The summed E-state index contributed by atoms with van der Waals surface area (Å²) in [5.74, 6) is 0.617. The lowest BCUT2D eigenvalue weighted by Gasteiger charge is -2.04. The predicted octanol–water partition coefficient (Wildman–Crippen LogP) is 1.01. The van der Waals surface area contributed by atoms with Crippen molar-refractivity contribution in [3.05, 3.63) is 48.0 Å². The summed E-state index contributed by atoms with van der Waals surface area (Å²) in [6.45, 7) is 0.738. The van der Waals surface area contributed by atoms with E-state index in [1.165, 1.54) is 5.56 Å². The van der Waals surface area contributed by atoms with Crippen LogP contribution in [0.15, 0.2) is 36.7 Å². The third-order valence-electron chi connectivity index (χ3n) is 2.32. The highest BCUT2D eigenvalue weighted by Crippen LogP contribution is 2.03. The summed E-state index contributed by atoms with van der Waals surface area (Å²) in [4.78, 5) is 0. The van der Waals surface area contributed by atoms with E-state index >= 15 is 0 Å². The highest BCUT2D eigenvalue weighted by Gasteiger charge is 2.01. The van der Waals surface area contributed by atoms with Crippen LogP contribution in [0.5, 0.6) is 0 Å². The van der Waals surface area contributed by atoms with Crippen LogP contribution in [-0.2, 0) is 19.6 Å². The molecule has 2 rings (SSSR count). The minimum atomic E-state index is -0.0607. The molecule has 0 aliphatic heterocycles. The summed E-state index contributed by atoms with van der Waals surface area (Å²) < 4.78 is 1.87. The summed E-state index contributed by atoms with van der Waals surface area (Å²) >= 11 is 0. The molecule has 1 heterocycles. The fraction of sp³-hybridized carbons (Fsp3) is 0.273. The van der Waals surface area contributed by atoms with Gasteiger partial charge in [-0.25, -0.2) is 0 Å². The molecule has 0 unspecified atom stereocenters. The average molecular weight is 203 g/mol. The molecule has 1 aromatic carbocycles. The fourth-order valence-electron chi connectivity index (χ4n) is 1.48. The number of rotatable bonds is 4. The zero-order valence-electron chi connectivity index (χ0n) is 8.37. The second kappa shape index (κ2) is 4.70. The second-order valence-corrected chi connectivity index (χ2v) is 3.33. The molecule has 0 saturated heterocycles. The average Bonchev–Trinajstić information content (AvgIpc) is 2.75. The van der Waals surface area contributed by atoms with Crippen molar-refractivity contribution in [1.29, 1.82) is 0 Å². The minimum Gasteiger partial charge on any atom is -0.388 e. The zero-order valence-corrected chi connectivity index (χ0v) is 8.37. The maximum atomic E-state index is 8.98. The molecule has 0 bridgehead atoms. The van der Waals surface area contributed by atoms with Crippen LogP contribution in [0.1, 0.15) is 11.4 Å². The third kappa shape index (κ3) is 2.41. The maximum Gasteiger partial charge on any atom is 0.158 e. The van der Waals surface area contributed by atoms with Gasteiger partial charge in [-0.15, -0.1) is 10.2 Å². The van der Waals surface area contributed by atoms with E-state index < -0.39 is 0 Å². The van der Waals surface area contributed by atoms with Crippen molar-refractivity contribution >= 4 is 0 Å². The first-order valence-corrected chi connectivity index (χ1v) is 4.91. The second-order valence-electron chi connectivity index (χ2n) is 3.33. The van der Waals surface area contributed by atoms with Crippen molar-refractivity contribution in [2.75, 3.05) is 0 Å². The summed E-state index contributed by atoms with van der Waals surface area (Å²) in [7, 11) is 0. The molecule has 2 aromatic rings. The standard InChI is InChI=1S/C11H13N3O/c15-8-11-13-12-9-14(11)7-6-10-4-2-1-3-5-10/h1-5,9,15H,6-8H2. The van der Waals surface area contributed by atoms with Gasteiger partial charge < -0.3 is 9.67 Å². The Morgan fingerprint density at radius 3 is 2.73 bits per heavy atom. The van der Waals surface area contributed by atoms with Crippen LogP contribution in [0.25, 0.3) is 0 Å². The topological polar surface area (TPSA) is 50.9 Å². The van der Waals surface area contributed by atoms with Gasteiger partial charge in [-0.1, -0.05) is 30.3 Å². The van der Waals surface area contributed by atoms with Gasteiger partial charge in [-0.2, -0.15) is 0 Å². The van der Waals surface area contributed by atoms with Crippen LogP contribution in [0.3, 0.4) is 0 Å². The number of aliphatic hydroxyl groups excluding tert-OH is 1. The van der Waals surface area contributed by atoms with Gasteiger partial charge in [0.15, 0.2) is 5.82 Å². The zero-order chi connectivity index (χ0) is 10.5. The van der Waals surface area contributed by atoms with E-state index in [9.17, 15) is 0 Å². The van der Waals surface area contributed by atoms with Crippen LogP contribution >= 0.6 is 0 Å². The highest BCUT2D eigenvalue weighted by atomic mass is 16.3. The van der Waals surface area contributed by atoms with Crippen molar-refractivity contribution in [1.82, 2.24) is 14.8 Å². The largest absolute Gasteiger partial charge is 0.388 e. The molecule has 4 nitrogen and oxygen atoms in total. The van der Waals surface area contributed by atoms with E-state index in [4.69, 9.17) is 5.11 Å². The lowest BCUT2D eigenvalue weighted by Crippen LogP contribution is -2.05. The summed E-state index contributed by atoms with van der Waals surface area (Å²) in [6, 6.07) is 10.2. The monoisotopic (exact) mass is 203 g/mol. The van der Waals surface area contributed by atoms with Crippen LogP contribution < -0.4 is 0 Å². The Balaban J connectivity index is 1.99. The molecule has 0 aliphatic carbocycles. The van der Waals surface area contributed by atoms with Crippen LogP contribution in [0, 0.1) is 0 Å². The summed E-state index contributed by atoms with van der Waals surface area (Å²) in [6.07, 6.45) is 2.57. The normalized spacial score (nSPS) is 10.5.